The number of hydrogen-bond donors (Lipinski definition) is 0. The first-order valence-electron chi connectivity index (χ1n) is 7.38. The summed E-state index contributed by atoms with van der Waals surface area (Å²) in [6.45, 7) is 5.09. The van der Waals surface area contributed by atoms with E-state index in [1.807, 2.05) is 6.07 Å². The van der Waals surface area contributed by atoms with E-state index in [4.69, 9.17) is 16.3 Å². The van der Waals surface area contributed by atoms with Crippen LogP contribution in [0, 0.1) is 5.92 Å². The molecule has 0 spiro atoms. The normalized spacial score (nSPS) is 16.8. The molecule has 19 heavy (non-hydrogen) atoms. The predicted molar refractivity (Wildman–Crippen MR) is 80.0 cm³/mol. The summed E-state index contributed by atoms with van der Waals surface area (Å²) in [6.07, 6.45) is 6.67. The minimum absolute atomic E-state index is 0.403. The third kappa shape index (κ3) is 4.38. The van der Waals surface area contributed by atoms with Crippen molar-refractivity contribution in [1.29, 1.82) is 0 Å². The Kier molecular flexibility index (Phi) is 5.50. The monoisotopic (exact) mass is 281 g/mol. The smallest absolute Gasteiger partial charge is 0.213 e. The van der Waals surface area contributed by atoms with Crippen LogP contribution in [0.1, 0.15) is 63.1 Å². The average Bonchev–Trinajstić information content (AvgIpc) is 2.45. The number of ether oxygens (including phenoxy) is 1. The molecule has 0 radical (unpaired) electrons. The summed E-state index contributed by atoms with van der Waals surface area (Å²) < 4.78 is 5.91. The first-order valence-corrected chi connectivity index (χ1v) is 7.92. The Labute approximate surface area is 121 Å². The van der Waals surface area contributed by atoms with Gasteiger partial charge in [-0.15, -0.1) is 11.6 Å². The van der Waals surface area contributed by atoms with Crippen molar-refractivity contribution in [2.45, 2.75) is 57.7 Å². The van der Waals surface area contributed by atoms with E-state index >= 15 is 0 Å². The molecule has 0 unspecified atom stereocenters. The largest absolute Gasteiger partial charge is 0.477 e. The zero-order chi connectivity index (χ0) is 13.7. The summed E-state index contributed by atoms with van der Waals surface area (Å²) in [4.78, 5) is 4.58. The maximum absolute atomic E-state index is 5.94. The van der Waals surface area contributed by atoms with Crippen molar-refractivity contribution >= 4 is 11.6 Å². The van der Waals surface area contributed by atoms with Gasteiger partial charge in [-0.1, -0.05) is 33.1 Å². The Hall–Kier alpha value is -0.760. The standard InChI is InChI=1S/C16H24ClNO/c1-12(2)15-8-14(10-17)9-16(18-15)19-11-13-6-4-3-5-7-13/h8-9,12-13H,3-7,10-11H2,1-2H3. The second kappa shape index (κ2) is 7.14. The van der Waals surface area contributed by atoms with Crippen LogP contribution in [0.5, 0.6) is 5.88 Å². The van der Waals surface area contributed by atoms with Crippen molar-refractivity contribution in [2.24, 2.45) is 5.92 Å². The minimum atomic E-state index is 0.403. The first-order chi connectivity index (χ1) is 9.19. The van der Waals surface area contributed by atoms with Crippen molar-refractivity contribution in [2.75, 3.05) is 6.61 Å². The summed E-state index contributed by atoms with van der Waals surface area (Å²) in [6, 6.07) is 4.05. The van der Waals surface area contributed by atoms with Crippen molar-refractivity contribution in [3.05, 3.63) is 23.4 Å². The van der Waals surface area contributed by atoms with Gasteiger partial charge >= 0.3 is 0 Å². The molecule has 1 aromatic rings. The van der Waals surface area contributed by atoms with E-state index in [1.54, 1.807) is 0 Å². The Balaban J connectivity index is 2.00. The van der Waals surface area contributed by atoms with Gasteiger partial charge in [-0.25, -0.2) is 4.98 Å². The van der Waals surface area contributed by atoms with Gasteiger partial charge in [-0.05, 0) is 36.3 Å². The predicted octanol–water partition coefficient (Wildman–Crippen LogP) is 4.90. The lowest BCUT2D eigenvalue weighted by atomic mass is 9.90. The van der Waals surface area contributed by atoms with Gasteiger partial charge in [0.05, 0.1) is 6.61 Å². The highest BCUT2D eigenvalue weighted by atomic mass is 35.5. The summed E-state index contributed by atoms with van der Waals surface area (Å²) in [5, 5.41) is 0. The topological polar surface area (TPSA) is 22.1 Å². The molecule has 1 aliphatic rings. The molecule has 3 heteroatoms. The van der Waals surface area contributed by atoms with E-state index in [9.17, 15) is 0 Å². The third-order valence-corrected chi connectivity index (χ3v) is 4.13. The van der Waals surface area contributed by atoms with Gasteiger partial charge < -0.3 is 4.74 Å². The molecular weight excluding hydrogens is 258 g/mol. The van der Waals surface area contributed by atoms with Crippen LogP contribution in [0.15, 0.2) is 12.1 Å². The number of pyridine rings is 1. The van der Waals surface area contributed by atoms with E-state index < -0.39 is 0 Å². The van der Waals surface area contributed by atoms with Gasteiger partial charge in [0.1, 0.15) is 0 Å². The van der Waals surface area contributed by atoms with Gasteiger partial charge in [0.15, 0.2) is 0 Å². The molecule has 0 aliphatic heterocycles. The van der Waals surface area contributed by atoms with Gasteiger partial charge in [-0.3, -0.25) is 0 Å². The molecule has 106 valence electrons. The number of alkyl halides is 1. The maximum atomic E-state index is 5.94. The average molecular weight is 282 g/mol. The fourth-order valence-electron chi connectivity index (χ4n) is 2.59. The van der Waals surface area contributed by atoms with Crippen molar-refractivity contribution in [3.63, 3.8) is 0 Å². The number of aromatic nitrogens is 1. The van der Waals surface area contributed by atoms with Crippen LogP contribution in [0.25, 0.3) is 0 Å². The van der Waals surface area contributed by atoms with Crippen LogP contribution in [-0.4, -0.2) is 11.6 Å². The Morgan fingerprint density at radius 3 is 2.63 bits per heavy atom. The van der Waals surface area contributed by atoms with Crippen LogP contribution >= 0.6 is 11.6 Å². The SMILES string of the molecule is CC(C)c1cc(CCl)cc(OCC2CCCCC2)n1. The molecule has 1 saturated carbocycles. The summed E-state index contributed by atoms with van der Waals surface area (Å²) in [5.41, 5.74) is 2.16. The van der Waals surface area contributed by atoms with Crippen LogP contribution in [0.3, 0.4) is 0 Å². The fourth-order valence-corrected chi connectivity index (χ4v) is 2.74. The zero-order valence-electron chi connectivity index (χ0n) is 12.0. The lowest BCUT2D eigenvalue weighted by molar-refractivity contribution is 0.202. The molecule has 0 saturated heterocycles. The molecule has 1 aromatic heterocycles. The van der Waals surface area contributed by atoms with E-state index in [0.29, 0.717) is 17.7 Å². The number of nitrogens with zero attached hydrogens (tertiary/aromatic N) is 1. The van der Waals surface area contributed by atoms with Gasteiger partial charge in [0, 0.05) is 17.6 Å². The van der Waals surface area contributed by atoms with Crippen molar-refractivity contribution < 1.29 is 4.74 Å². The molecule has 2 rings (SSSR count). The fraction of sp³-hybridized carbons (Fsp3) is 0.688. The van der Waals surface area contributed by atoms with Crippen LogP contribution in [0.4, 0.5) is 0 Å². The molecule has 0 atom stereocenters. The van der Waals surface area contributed by atoms with Crippen LogP contribution in [0.2, 0.25) is 0 Å². The lowest BCUT2D eigenvalue weighted by Crippen LogP contribution is -2.16. The molecule has 1 fully saturated rings. The highest BCUT2D eigenvalue weighted by molar-refractivity contribution is 6.17. The number of hydrogen-bond acceptors (Lipinski definition) is 2. The van der Waals surface area contributed by atoms with Crippen LogP contribution in [-0.2, 0) is 5.88 Å². The van der Waals surface area contributed by atoms with E-state index in [-0.39, 0.29) is 0 Å². The highest BCUT2D eigenvalue weighted by Crippen LogP contribution is 2.25. The molecule has 1 aliphatic carbocycles. The van der Waals surface area contributed by atoms with Crippen molar-refractivity contribution in [1.82, 2.24) is 4.98 Å². The second-order valence-corrected chi connectivity index (χ2v) is 6.11. The lowest BCUT2D eigenvalue weighted by Gasteiger charge is -2.21. The van der Waals surface area contributed by atoms with E-state index in [1.165, 1.54) is 32.1 Å². The maximum Gasteiger partial charge on any atom is 0.213 e. The highest BCUT2D eigenvalue weighted by Gasteiger charge is 2.15. The molecule has 0 N–H and O–H groups in total. The first kappa shape index (κ1) is 14.6. The third-order valence-electron chi connectivity index (χ3n) is 3.82. The molecule has 2 nitrogen and oxygen atoms in total. The summed E-state index contributed by atoms with van der Waals surface area (Å²) in [7, 11) is 0. The molecule has 0 bridgehead atoms. The van der Waals surface area contributed by atoms with E-state index in [0.717, 1.165) is 23.7 Å². The molecule has 0 amide bonds. The Morgan fingerprint density at radius 1 is 1.26 bits per heavy atom. The summed E-state index contributed by atoms with van der Waals surface area (Å²) in [5.74, 6) is 2.37. The Bertz CT molecular complexity index is 400. The van der Waals surface area contributed by atoms with E-state index in [2.05, 4.69) is 24.9 Å². The summed E-state index contributed by atoms with van der Waals surface area (Å²) >= 11 is 5.94. The second-order valence-electron chi connectivity index (χ2n) is 5.84. The molecule has 1 heterocycles. The number of halogens is 1. The zero-order valence-corrected chi connectivity index (χ0v) is 12.7. The van der Waals surface area contributed by atoms with Gasteiger partial charge in [0.2, 0.25) is 5.88 Å². The molecule has 0 aromatic carbocycles. The number of rotatable bonds is 5. The molecular formula is C16H24ClNO. The Morgan fingerprint density at radius 2 is 2.00 bits per heavy atom. The minimum Gasteiger partial charge on any atom is -0.477 e. The van der Waals surface area contributed by atoms with Gasteiger partial charge in [-0.2, -0.15) is 0 Å². The van der Waals surface area contributed by atoms with Crippen LogP contribution < -0.4 is 4.74 Å². The van der Waals surface area contributed by atoms with Crippen molar-refractivity contribution in [3.8, 4) is 5.88 Å². The quantitative estimate of drug-likeness (QED) is 0.716. The van der Waals surface area contributed by atoms with Gasteiger partial charge in [0.25, 0.3) is 0 Å².